The van der Waals surface area contributed by atoms with E-state index in [0.717, 1.165) is 31.2 Å². The predicted octanol–water partition coefficient (Wildman–Crippen LogP) is 3.20. The summed E-state index contributed by atoms with van der Waals surface area (Å²) in [5.41, 5.74) is 1.62. The average molecular weight is 342 g/mol. The van der Waals surface area contributed by atoms with Crippen molar-refractivity contribution in [1.82, 2.24) is 9.88 Å². The number of carbonyl (C=O) groups excluding carboxylic acids is 1. The monoisotopic (exact) mass is 342 g/mol. The van der Waals surface area contributed by atoms with E-state index in [1.807, 2.05) is 49.2 Å². The van der Waals surface area contributed by atoms with E-state index >= 15 is 0 Å². The first-order valence-electron chi connectivity index (χ1n) is 8.96. The third-order valence-corrected chi connectivity index (χ3v) is 5.25. The highest BCUT2D eigenvalue weighted by Crippen LogP contribution is 2.27. The maximum absolute atomic E-state index is 12.7. The molecule has 2 aromatic rings. The van der Waals surface area contributed by atoms with Crippen LogP contribution in [0.2, 0.25) is 0 Å². The summed E-state index contributed by atoms with van der Waals surface area (Å²) in [4.78, 5) is 19.0. The molecule has 0 spiro atoms. The zero-order valence-electron chi connectivity index (χ0n) is 14.9. The lowest BCUT2D eigenvalue weighted by Crippen LogP contribution is -2.40. The molecule has 0 aliphatic heterocycles. The Bertz CT molecular complexity index is 703. The molecule has 5 nitrogen and oxygen atoms in total. The van der Waals surface area contributed by atoms with Crippen molar-refractivity contribution in [2.45, 2.75) is 45.1 Å². The first-order valence-corrected chi connectivity index (χ1v) is 8.96. The number of oxazole rings is 1. The van der Waals surface area contributed by atoms with E-state index in [-0.39, 0.29) is 25.0 Å². The Kier molecular flexibility index (Phi) is 5.53. The number of aliphatic hydroxyl groups is 1. The van der Waals surface area contributed by atoms with E-state index in [0.29, 0.717) is 23.3 Å². The van der Waals surface area contributed by atoms with Crippen molar-refractivity contribution in [3.63, 3.8) is 0 Å². The number of carbonyl (C=O) groups is 1. The molecule has 1 aromatic heterocycles. The fourth-order valence-corrected chi connectivity index (χ4v) is 3.48. The number of amides is 1. The highest BCUT2D eigenvalue weighted by molar-refractivity contribution is 5.78. The number of hydrogen-bond donors (Lipinski definition) is 1. The average Bonchev–Trinajstić information content (AvgIpc) is 3.02. The molecule has 1 amide bonds. The molecular formula is C20H26N2O3. The number of benzene rings is 1. The predicted molar refractivity (Wildman–Crippen MR) is 96.0 cm³/mol. The number of nitrogens with zero attached hydrogens (tertiary/aromatic N) is 2. The molecule has 0 bridgehead atoms. The zero-order chi connectivity index (χ0) is 17.8. The van der Waals surface area contributed by atoms with E-state index in [1.54, 1.807) is 0 Å². The molecule has 3 rings (SSSR count). The molecule has 1 heterocycles. The Labute approximate surface area is 148 Å². The van der Waals surface area contributed by atoms with Gasteiger partial charge in [-0.3, -0.25) is 4.79 Å². The maximum atomic E-state index is 12.7. The summed E-state index contributed by atoms with van der Waals surface area (Å²) in [7, 11) is 1.87. The largest absolute Gasteiger partial charge is 0.441 e. The van der Waals surface area contributed by atoms with Crippen LogP contribution < -0.4 is 0 Å². The molecule has 0 radical (unpaired) electrons. The Morgan fingerprint density at radius 1 is 1.24 bits per heavy atom. The minimum absolute atomic E-state index is 0.0726. The van der Waals surface area contributed by atoms with Crippen molar-refractivity contribution in [3.8, 4) is 11.5 Å². The second kappa shape index (κ2) is 7.83. The number of rotatable bonds is 5. The van der Waals surface area contributed by atoms with Gasteiger partial charge in [0.2, 0.25) is 11.8 Å². The minimum Gasteiger partial charge on any atom is -0.441 e. The molecule has 25 heavy (non-hydrogen) atoms. The van der Waals surface area contributed by atoms with Crippen LogP contribution in [0.4, 0.5) is 0 Å². The lowest BCUT2D eigenvalue weighted by Gasteiger charge is -2.34. The van der Waals surface area contributed by atoms with Crippen molar-refractivity contribution in [2.75, 3.05) is 13.7 Å². The van der Waals surface area contributed by atoms with E-state index < -0.39 is 0 Å². The zero-order valence-corrected chi connectivity index (χ0v) is 14.9. The van der Waals surface area contributed by atoms with Crippen LogP contribution in [0.15, 0.2) is 34.7 Å². The van der Waals surface area contributed by atoms with Crippen molar-refractivity contribution in [2.24, 2.45) is 5.92 Å². The van der Waals surface area contributed by atoms with Gasteiger partial charge < -0.3 is 14.4 Å². The van der Waals surface area contributed by atoms with Crippen molar-refractivity contribution in [3.05, 3.63) is 41.8 Å². The molecule has 1 N–H and O–H groups in total. The first-order chi connectivity index (χ1) is 12.1. The van der Waals surface area contributed by atoms with Crippen LogP contribution in [-0.2, 0) is 11.2 Å². The Morgan fingerprint density at radius 2 is 1.92 bits per heavy atom. The Balaban J connectivity index is 1.64. The van der Waals surface area contributed by atoms with Crippen LogP contribution in [0.5, 0.6) is 0 Å². The molecule has 0 unspecified atom stereocenters. The second-order valence-corrected chi connectivity index (χ2v) is 6.93. The maximum Gasteiger partial charge on any atom is 0.228 e. The lowest BCUT2D eigenvalue weighted by molar-refractivity contribution is -0.132. The summed E-state index contributed by atoms with van der Waals surface area (Å²) in [5, 5.41) is 9.25. The summed E-state index contributed by atoms with van der Waals surface area (Å²) >= 11 is 0. The van der Waals surface area contributed by atoms with Gasteiger partial charge in [-0.15, -0.1) is 0 Å². The molecule has 1 aliphatic rings. The molecular weight excluding hydrogens is 316 g/mol. The quantitative estimate of drug-likeness (QED) is 0.906. The van der Waals surface area contributed by atoms with Gasteiger partial charge >= 0.3 is 0 Å². The van der Waals surface area contributed by atoms with Crippen LogP contribution >= 0.6 is 0 Å². The highest BCUT2D eigenvalue weighted by atomic mass is 16.4. The summed E-state index contributed by atoms with van der Waals surface area (Å²) < 4.78 is 5.75. The van der Waals surface area contributed by atoms with Crippen LogP contribution in [-0.4, -0.2) is 40.6 Å². The minimum atomic E-state index is 0.0726. The first kappa shape index (κ1) is 17.7. The van der Waals surface area contributed by atoms with Crippen LogP contribution in [0, 0.1) is 12.8 Å². The van der Waals surface area contributed by atoms with Gasteiger partial charge in [0.05, 0.1) is 12.1 Å². The van der Waals surface area contributed by atoms with Crippen LogP contribution in [0.3, 0.4) is 0 Å². The summed E-state index contributed by atoms with van der Waals surface area (Å²) in [6, 6.07) is 9.98. The van der Waals surface area contributed by atoms with Gasteiger partial charge in [0.25, 0.3) is 0 Å². The smallest absolute Gasteiger partial charge is 0.228 e. The second-order valence-electron chi connectivity index (χ2n) is 6.93. The molecule has 1 aliphatic carbocycles. The van der Waals surface area contributed by atoms with Crippen molar-refractivity contribution >= 4 is 5.91 Å². The summed E-state index contributed by atoms with van der Waals surface area (Å²) in [6.07, 6.45) is 4.15. The fraction of sp³-hybridized carbons (Fsp3) is 0.500. The van der Waals surface area contributed by atoms with Gasteiger partial charge in [-0.05, 0) is 50.7 Å². The van der Waals surface area contributed by atoms with Crippen molar-refractivity contribution in [1.29, 1.82) is 0 Å². The fourth-order valence-electron chi connectivity index (χ4n) is 3.48. The highest BCUT2D eigenvalue weighted by Gasteiger charge is 2.27. The molecule has 5 heteroatoms. The number of aryl methyl sites for hydroxylation is 1. The number of likely N-dealkylation sites (N-methyl/N-ethyl adjacent to an activating group) is 1. The molecule has 0 atom stereocenters. The normalized spacial score (nSPS) is 20.4. The van der Waals surface area contributed by atoms with Gasteiger partial charge in [-0.1, -0.05) is 18.2 Å². The molecule has 134 valence electrons. The number of hydrogen-bond acceptors (Lipinski definition) is 4. The van der Waals surface area contributed by atoms with Gasteiger partial charge in [0.1, 0.15) is 5.76 Å². The summed E-state index contributed by atoms with van der Waals surface area (Å²) in [6.45, 7) is 2.11. The van der Waals surface area contributed by atoms with E-state index in [4.69, 9.17) is 4.42 Å². The van der Waals surface area contributed by atoms with E-state index in [1.165, 1.54) is 0 Å². The molecule has 0 saturated heterocycles. The van der Waals surface area contributed by atoms with Crippen LogP contribution in [0.1, 0.15) is 37.1 Å². The number of aromatic nitrogens is 1. The Hall–Kier alpha value is -2.14. The van der Waals surface area contributed by atoms with E-state index in [2.05, 4.69) is 4.98 Å². The summed E-state index contributed by atoms with van der Waals surface area (Å²) in [5.74, 6) is 1.73. The third kappa shape index (κ3) is 4.10. The topological polar surface area (TPSA) is 66.6 Å². The van der Waals surface area contributed by atoms with Crippen molar-refractivity contribution < 1.29 is 14.3 Å². The lowest BCUT2D eigenvalue weighted by atomic mass is 9.86. The SMILES string of the molecule is Cc1oc(-c2ccccc2)nc1CC(=O)N(C)C1CCC(CO)CC1. The van der Waals surface area contributed by atoms with Gasteiger partial charge in [-0.2, -0.15) is 0 Å². The van der Waals surface area contributed by atoms with Crippen LogP contribution in [0.25, 0.3) is 11.5 Å². The molecule has 1 fully saturated rings. The molecule has 1 aromatic carbocycles. The third-order valence-electron chi connectivity index (χ3n) is 5.25. The standard InChI is InChI=1S/C20H26N2O3/c1-14-18(21-20(25-14)16-6-4-3-5-7-16)12-19(24)22(2)17-10-8-15(13-23)9-11-17/h3-7,15,17,23H,8-13H2,1-2H3. The van der Waals surface area contributed by atoms with E-state index in [9.17, 15) is 9.90 Å². The molecule has 1 saturated carbocycles. The van der Waals surface area contributed by atoms with Gasteiger partial charge in [0.15, 0.2) is 0 Å². The Morgan fingerprint density at radius 3 is 2.56 bits per heavy atom. The van der Waals surface area contributed by atoms with Gasteiger partial charge in [-0.25, -0.2) is 4.98 Å². The number of aliphatic hydroxyl groups excluding tert-OH is 1. The van der Waals surface area contributed by atoms with Gasteiger partial charge in [0, 0.05) is 25.3 Å².